The van der Waals surface area contributed by atoms with Crippen LogP contribution in [0.2, 0.25) is 0 Å². The van der Waals surface area contributed by atoms with Gasteiger partial charge < -0.3 is 19.6 Å². The van der Waals surface area contributed by atoms with Crippen LogP contribution >= 0.6 is 0 Å². The number of aromatic nitrogens is 7. The predicted molar refractivity (Wildman–Crippen MR) is 126 cm³/mol. The second-order valence-electron chi connectivity index (χ2n) is 8.99. The highest BCUT2D eigenvalue weighted by Gasteiger charge is 2.33. The normalized spacial score (nSPS) is 15.1. The van der Waals surface area contributed by atoms with Gasteiger partial charge in [0.1, 0.15) is 17.1 Å². The molecule has 1 aromatic carbocycles. The molecule has 174 valence electrons. The molecule has 4 heterocycles. The first-order valence-corrected chi connectivity index (χ1v) is 11.4. The summed E-state index contributed by atoms with van der Waals surface area (Å²) in [4.78, 5) is 4.72. The van der Waals surface area contributed by atoms with Gasteiger partial charge in [-0.05, 0) is 43.0 Å². The lowest BCUT2D eigenvalue weighted by atomic mass is 9.80. The number of rotatable bonds is 8. The van der Waals surface area contributed by atoms with Crippen LogP contribution in [0.25, 0.3) is 27.8 Å². The van der Waals surface area contributed by atoms with Gasteiger partial charge in [-0.25, -0.2) is 9.67 Å². The number of methoxy groups -OCH3 is 1. The molecule has 0 spiro atoms. The van der Waals surface area contributed by atoms with E-state index < -0.39 is 5.60 Å². The average Bonchev–Trinajstić information content (AvgIpc) is 3.56. The number of nitrogens with one attached hydrogen (secondary N) is 2. The highest BCUT2D eigenvalue weighted by Crippen LogP contribution is 2.35. The number of nitrogens with zero attached hydrogens (tertiary/aromatic N) is 6. The van der Waals surface area contributed by atoms with Crippen LogP contribution in [0.3, 0.4) is 0 Å². The van der Waals surface area contributed by atoms with E-state index in [2.05, 4.69) is 38.1 Å². The van der Waals surface area contributed by atoms with E-state index in [0.29, 0.717) is 25.3 Å². The van der Waals surface area contributed by atoms with Gasteiger partial charge in [-0.2, -0.15) is 5.10 Å². The van der Waals surface area contributed by atoms with Crippen molar-refractivity contribution in [2.24, 2.45) is 0 Å². The number of aliphatic hydroxyl groups is 1. The Morgan fingerprint density at radius 2 is 2.09 bits per heavy atom. The number of hydrogen-bond acceptors (Lipinski definition) is 7. The quantitative estimate of drug-likeness (QED) is 0.327. The topological polar surface area (TPSA) is 118 Å². The number of pyridine rings is 1. The third-order valence-corrected chi connectivity index (χ3v) is 6.55. The largest absolute Gasteiger partial charge is 0.496 e. The number of fused-ring (bicyclic) bond motifs is 2. The minimum Gasteiger partial charge on any atom is -0.496 e. The van der Waals surface area contributed by atoms with Gasteiger partial charge in [0.2, 0.25) is 0 Å². The molecule has 5 aromatic rings. The van der Waals surface area contributed by atoms with Gasteiger partial charge in [-0.15, -0.1) is 5.10 Å². The van der Waals surface area contributed by atoms with Crippen LogP contribution in [0.15, 0.2) is 49.1 Å². The SMILES string of the molecule is COc1ccc2[nH]ncc2c1-c1cn(Cc2cn3cc(CNCC4(O)CCC4)ccc3n2)nn1. The fourth-order valence-electron chi connectivity index (χ4n) is 4.56. The predicted octanol–water partition coefficient (Wildman–Crippen LogP) is 2.53. The Morgan fingerprint density at radius 3 is 2.91 bits per heavy atom. The third kappa shape index (κ3) is 3.80. The van der Waals surface area contributed by atoms with Crippen molar-refractivity contribution in [1.82, 2.24) is 39.9 Å². The molecule has 1 saturated carbocycles. The fourth-order valence-corrected chi connectivity index (χ4v) is 4.56. The number of aromatic amines is 1. The summed E-state index contributed by atoms with van der Waals surface area (Å²) in [6.45, 7) is 1.84. The minimum atomic E-state index is -0.518. The van der Waals surface area contributed by atoms with Gasteiger partial charge in [-0.1, -0.05) is 11.3 Å². The van der Waals surface area contributed by atoms with E-state index >= 15 is 0 Å². The second-order valence-corrected chi connectivity index (χ2v) is 8.99. The maximum absolute atomic E-state index is 10.2. The van der Waals surface area contributed by atoms with E-state index in [9.17, 15) is 5.11 Å². The maximum Gasteiger partial charge on any atom is 0.137 e. The van der Waals surface area contributed by atoms with Crippen molar-refractivity contribution >= 4 is 16.6 Å². The van der Waals surface area contributed by atoms with Crippen LogP contribution in [0.4, 0.5) is 0 Å². The summed E-state index contributed by atoms with van der Waals surface area (Å²) in [7, 11) is 1.64. The van der Waals surface area contributed by atoms with Crippen LogP contribution in [0.5, 0.6) is 5.75 Å². The van der Waals surface area contributed by atoms with E-state index in [0.717, 1.165) is 58.4 Å². The standard InChI is InChI=1S/C24H26N8O2/c1-34-21-5-4-19-18(10-26-28-19)23(21)20-14-32(30-29-20)13-17-12-31-11-16(3-6-22(31)27-17)9-25-15-24(33)7-2-8-24/h3-6,10-12,14,25,33H,2,7-9,13,15H2,1H3,(H,26,28). The van der Waals surface area contributed by atoms with Crippen molar-refractivity contribution in [3.05, 3.63) is 60.3 Å². The number of benzene rings is 1. The first kappa shape index (κ1) is 20.8. The third-order valence-electron chi connectivity index (χ3n) is 6.55. The molecule has 0 radical (unpaired) electrons. The van der Waals surface area contributed by atoms with E-state index in [4.69, 9.17) is 9.72 Å². The molecule has 0 saturated heterocycles. The molecule has 3 N–H and O–H groups in total. The zero-order chi connectivity index (χ0) is 23.1. The molecule has 6 rings (SSSR count). The first-order chi connectivity index (χ1) is 16.6. The van der Waals surface area contributed by atoms with Crippen molar-refractivity contribution in [1.29, 1.82) is 0 Å². The van der Waals surface area contributed by atoms with Crippen molar-refractivity contribution in [3.8, 4) is 17.0 Å². The summed E-state index contributed by atoms with van der Waals surface area (Å²) in [5.74, 6) is 0.722. The monoisotopic (exact) mass is 458 g/mol. The van der Waals surface area contributed by atoms with Gasteiger partial charge in [0, 0.05) is 30.9 Å². The molecule has 34 heavy (non-hydrogen) atoms. The Labute approximate surface area is 195 Å². The lowest BCUT2D eigenvalue weighted by Gasteiger charge is -2.36. The molecule has 0 amide bonds. The molecule has 1 aliphatic rings. The van der Waals surface area contributed by atoms with Crippen LogP contribution < -0.4 is 10.1 Å². The molecule has 0 bridgehead atoms. The zero-order valence-electron chi connectivity index (χ0n) is 18.9. The van der Waals surface area contributed by atoms with Crippen LogP contribution in [-0.4, -0.2) is 58.9 Å². The smallest absolute Gasteiger partial charge is 0.137 e. The minimum absolute atomic E-state index is 0.499. The Balaban J connectivity index is 1.19. The summed E-state index contributed by atoms with van der Waals surface area (Å²) in [6, 6.07) is 7.91. The molecule has 0 aliphatic heterocycles. The number of imidazole rings is 1. The fraction of sp³-hybridized carbons (Fsp3) is 0.333. The van der Waals surface area contributed by atoms with Gasteiger partial charge in [0.05, 0.1) is 48.4 Å². The molecule has 0 atom stereocenters. The lowest BCUT2D eigenvalue weighted by molar-refractivity contribution is -0.0314. The summed E-state index contributed by atoms with van der Waals surface area (Å²) in [5.41, 5.74) is 4.88. The van der Waals surface area contributed by atoms with Gasteiger partial charge in [-0.3, -0.25) is 5.10 Å². The van der Waals surface area contributed by atoms with E-state index in [-0.39, 0.29) is 0 Å². The number of H-pyrrole nitrogens is 1. The zero-order valence-corrected chi connectivity index (χ0v) is 18.9. The maximum atomic E-state index is 10.2. The average molecular weight is 459 g/mol. The summed E-state index contributed by atoms with van der Waals surface area (Å²) in [6.07, 6.45) is 10.6. The van der Waals surface area contributed by atoms with Crippen LogP contribution in [-0.2, 0) is 13.1 Å². The van der Waals surface area contributed by atoms with E-state index in [1.165, 1.54) is 0 Å². The molecule has 4 aromatic heterocycles. The number of ether oxygens (including phenoxy) is 1. The van der Waals surface area contributed by atoms with Gasteiger partial charge in [0.25, 0.3) is 0 Å². The Kier molecular flexibility index (Phi) is 5.04. The van der Waals surface area contributed by atoms with E-state index in [1.54, 1.807) is 18.0 Å². The second kappa shape index (κ2) is 8.23. The number of hydrogen-bond donors (Lipinski definition) is 3. The van der Waals surface area contributed by atoms with E-state index in [1.807, 2.05) is 35.0 Å². The first-order valence-electron chi connectivity index (χ1n) is 11.4. The van der Waals surface area contributed by atoms with Crippen molar-refractivity contribution in [2.45, 2.75) is 38.0 Å². The molecule has 10 nitrogen and oxygen atoms in total. The van der Waals surface area contributed by atoms with Crippen LogP contribution in [0.1, 0.15) is 30.5 Å². The Hall–Kier alpha value is -3.76. The summed E-state index contributed by atoms with van der Waals surface area (Å²) >= 11 is 0. The van der Waals surface area contributed by atoms with Crippen molar-refractivity contribution in [2.75, 3.05) is 13.7 Å². The summed E-state index contributed by atoms with van der Waals surface area (Å²) < 4.78 is 9.36. The molecule has 0 unspecified atom stereocenters. The van der Waals surface area contributed by atoms with Crippen LogP contribution in [0, 0.1) is 0 Å². The van der Waals surface area contributed by atoms with Gasteiger partial charge >= 0.3 is 0 Å². The highest BCUT2D eigenvalue weighted by atomic mass is 16.5. The molecule has 1 aliphatic carbocycles. The van der Waals surface area contributed by atoms with Crippen molar-refractivity contribution < 1.29 is 9.84 Å². The molecule has 10 heteroatoms. The highest BCUT2D eigenvalue weighted by molar-refractivity contribution is 5.96. The Morgan fingerprint density at radius 1 is 1.18 bits per heavy atom. The Bertz CT molecular complexity index is 1460. The molecular weight excluding hydrogens is 432 g/mol. The summed E-state index contributed by atoms with van der Waals surface area (Å²) in [5, 5.41) is 30.4. The lowest BCUT2D eigenvalue weighted by Crippen LogP contribution is -2.45. The molecule has 1 fully saturated rings. The van der Waals surface area contributed by atoms with Gasteiger partial charge in [0.15, 0.2) is 0 Å². The van der Waals surface area contributed by atoms with Crippen molar-refractivity contribution in [3.63, 3.8) is 0 Å². The molecular formula is C24H26N8O2.